The molecule has 0 aliphatic carbocycles. The Kier molecular flexibility index (Phi) is 4.85. The minimum atomic E-state index is -4.65. The lowest BCUT2D eigenvalue weighted by Gasteiger charge is -2.12. The maximum atomic E-state index is 11.5. The van der Waals surface area contributed by atoms with Gasteiger partial charge in [0.25, 0.3) is 5.52 Å². The average Bonchev–Trinajstić information content (AvgIpc) is 2.26. The van der Waals surface area contributed by atoms with Gasteiger partial charge in [-0.05, 0) is 23.5 Å². The molecule has 0 heterocycles. The fourth-order valence-corrected chi connectivity index (χ4v) is 2.46. The van der Waals surface area contributed by atoms with Gasteiger partial charge in [0.2, 0.25) is 0 Å². The lowest BCUT2D eigenvalue weighted by molar-refractivity contribution is -0.114. The summed E-state index contributed by atoms with van der Waals surface area (Å²) in [6, 6.07) is 7.32. The molecule has 2 N–H and O–H groups in total. The third-order valence-corrected chi connectivity index (χ3v) is 3.74. The van der Waals surface area contributed by atoms with E-state index in [0.717, 1.165) is 12.0 Å². The van der Waals surface area contributed by atoms with Crippen LogP contribution in [0, 0.1) is 5.92 Å². The molecule has 1 atom stereocenters. The molecule has 100 valence electrons. The van der Waals surface area contributed by atoms with E-state index in [0.29, 0.717) is 11.5 Å². The van der Waals surface area contributed by atoms with Gasteiger partial charge in [-0.2, -0.15) is 0 Å². The Balaban J connectivity index is 2.85. The largest absolute Gasteiger partial charge is 0.392 e. The summed E-state index contributed by atoms with van der Waals surface area (Å²) in [6.45, 7) is 5.75. The van der Waals surface area contributed by atoms with Crippen molar-refractivity contribution >= 4 is 13.1 Å². The first kappa shape index (κ1) is 15.1. The summed E-state index contributed by atoms with van der Waals surface area (Å²) in [4.78, 5) is 29.2. The standard InChI is InChI=1S/C13H19O4P/c1-9(2)8-11-4-6-12(7-5-11)10(3)13(14)18(15,16)17/h4-7,9-10H,8H2,1-3H3,(H2,15,16,17). The second-order valence-electron chi connectivity index (χ2n) is 4.94. The zero-order valence-corrected chi connectivity index (χ0v) is 11.7. The first-order chi connectivity index (χ1) is 8.21. The Morgan fingerprint density at radius 1 is 1.17 bits per heavy atom. The Morgan fingerprint density at radius 3 is 2.06 bits per heavy atom. The van der Waals surface area contributed by atoms with Gasteiger partial charge >= 0.3 is 7.60 Å². The minimum Gasteiger partial charge on any atom is -0.319 e. The van der Waals surface area contributed by atoms with Gasteiger partial charge in [0.15, 0.2) is 0 Å². The van der Waals surface area contributed by atoms with Crippen LogP contribution < -0.4 is 0 Å². The summed E-state index contributed by atoms with van der Waals surface area (Å²) < 4.78 is 10.9. The summed E-state index contributed by atoms with van der Waals surface area (Å²) in [5.74, 6) is -0.232. The molecule has 0 aliphatic heterocycles. The lowest BCUT2D eigenvalue weighted by atomic mass is 9.97. The molecular weight excluding hydrogens is 251 g/mol. The molecule has 18 heavy (non-hydrogen) atoms. The van der Waals surface area contributed by atoms with Crippen molar-refractivity contribution in [2.45, 2.75) is 33.1 Å². The van der Waals surface area contributed by atoms with E-state index in [1.807, 2.05) is 12.1 Å². The molecule has 0 bridgehead atoms. The fraction of sp³-hybridized carbons (Fsp3) is 0.462. The van der Waals surface area contributed by atoms with Gasteiger partial charge in [-0.15, -0.1) is 0 Å². The second kappa shape index (κ2) is 5.79. The van der Waals surface area contributed by atoms with Crippen LogP contribution in [0.1, 0.15) is 37.8 Å². The number of hydrogen-bond acceptors (Lipinski definition) is 2. The zero-order chi connectivity index (χ0) is 13.9. The minimum absolute atomic E-state index is 0.546. The van der Waals surface area contributed by atoms with Gasteiger partial charge in [-0.1, -0.05) is 45.0 Å². The molecule has 0 aromatic heterocycles. The predicted octanol–water partition coefficient (Wildman–Crippen LogP) is 2.69. The average molecular weight is 270 g/mol. The molecule has 1 unspecified atom stereocenters. The van der Waals surface area contributed by atoms with E-state index in [4.69, 9.17) is 9.79 Å². The Bertz CT molecular complexity index is 458. The molecule has 0 spiro atoms. The van der Waals surface area contributed by atoms with Crippen LogP contribution in [0.15, 0.2) is 24.3 Å². The predicted molar refractivity (Wildman–Crippen MR) is 70.5 cm³/mol. The van der Waals surface area contributed by atoms with Crippen molar-refractivity contribution < 1.29 is 19.1 Å². The topological polar surface area (TPSA) is 74.6 Å². The van der Waals surface area contributed by atoms with Crippen LogP contribution >= 0.6 is 7.60 Å². The fourth-order valence-electron chi connectivity index (χ4n) is 1.81. The van der Waals surface area contributed by atoms with Gasteiger partial charge in [0.1, 0.15) is 0 Å². The first-order valence-corrected chi connectivity index (χ1v) is 7.52. The monoisotopic (exact) mass is 270 g/mol. The van der Waals surface area contributed by atoms with E-state index in [9.17, 15) is 9.36 Å². The normalized spacial score (nSPS) is 13.7. The maximum absolute atomic E-state index is 11.5. The van der Waals surface area contributed by atoms with Crippen LogP contribution in [-0.2, 0) is 15.8 Å². The molecule has 0 amide bonds. The molecule has 1 aromatic rings. The summed E-state index contributed by atoms with van der Waals surface area (Å²) in [5, 5.41) is 0. The first-order valence-electron chi connectivity index (χ1n) is 5.90. The third kappa shape index (κ3) is 4.05. The van der Waals surface area contributed by atoms with Crippen LogP contribution in [0.2, 0.25) is 0 Å². The van der Waals surface area contributed by atoms with E-state index >= 15 is 0 Å². The van der Waals surface area contributed by atoms with Crippen LogP contribution in [-0.4, -0.2) is 15.3 Å². The number of rotatable bonds is 5. The van der Waals surface area contributed by atoms with Gasteiger partial charge in [0, 0.05) is 0 Å². The van der Waals surface area contributed by atoms with E-state index in [1.165, 1.54) is 6.92 Å². The number of carbonyl (C=O) groups excluding carboxylic acids is 1. The highest BCUT2D eigenvalue weighted by molar-refractivity contribution is 7.70. The molecule has 4 nitrogen and oxygen atoms in total. The van der Waals surface area contributed by atoms with Crippen LogP contribution in [0.3, 0.4) is 0 Å². The van der Waals surface area contributed by atoms with Crippen molar-refractivity contribution in [1.82, 2.24) is 0 Å². The maximum Gasteiger partial charge on any atom is 0.392 e. The van der Waals surface area contributed by atoms with Crippen LogP contribution in [0.4, 0.5) is 0 Å². The quantitative estimate of drug-likeness (QED) is 0.807. The van der Waals surface area contributed by atoms with Crippen LogP contribution in [0.5, 0.6) is 0 Å². The second-order valence-corrected chi connectivity index (χ2v) is 6.47. The van der Waals surface area contributed by atoms with Crippen molar-refractivity contribution in [2.75, 3.05) is 0 Å². The molecular formula is C13H19O4P. The number of hydrogen-bond donors (Lipinski definition) is 2. The summed E-state index contributed by atoms with van der Waals surface area (Å²) in [5.41, 5.74) is 0.763. The Morgan fingerprint density at radius 2 is 1.67 bits per heavy atom. The van der Waals surface area contributed by atoms with E-state index < -0.39 is 19.0 Å². The van der Waals surface area contributed by atoms with Gasteiger partial charge in [-0.25, -0.2) is 0 Å². The molecule has 5 heteroatoms. The molecule has 0 radical (unpaired) electrons. The molecule has 0 aliphatic rings. The summed E-state index contributed by atoms with van der Waals surface area (Å²) in [6.07, 6.45) is 0.946. The number of carbonyl (C=O) groups is 1. The molecule has 0 saturated carbocycles. The molecule has 0 fully saturated rings. The SMILES string of the molecule is CC(C)Cc1ccc(C(C)C(=O)P(=O)(O)O)cc1. The zero-order valence-electron chi connectivity index (χ0n) is 10.8. The smallest absolute Gasteiger partial charge is 0.319 e. The lowest BCUT2D eigenvalue weighted by Crippen LogP contribution is -2.09. The van der Waals surface area contributed by atoms with Crippen molar-refractivity contribution in [2.24, 2.45) is 5.92 Å². The van der Waals surface area contributed by atoms with Gasteiger partial charge in [0.05, 0.1) is 5.92 Å². The van der Waals surface area contributed by atoms with Crippen molar-refractivity contribution in [1.29, 1.82) is 0 Å². The Hall–Kier alpha value is -0.960. The van der Waals surface area contributed by atoms with Crippen molar-refractivity contribution in [3.05, 3.63) is 35.4 Å². The van der Waals surface area contributed by atoms with E-state index in [1.54, 1.807) is 12.1 Å². The Labute approximate surface area is 107 Å². The third-order valence-electron chi connectivity index (χ3n) is 2.78. The highest BCUT2D eigenvalue weighted by atomic mass is 31.2. The van der Waals surface area contributed by atoms with E-state index in [-0.39, 0.29) is 0 Å². The number of benzene rings is 1. The molecule has 1 rings (SSSR count). The van der Waals surface area contributed by atoms with Gasteiger partial charge in [-0.3, -0.25) is 9.36 Å². The summed E-state index contributed by atoms with van der Waals surface area (Å²) in [7, 11) is -4.65. The van der Waals surface area contributed by atoms with Crippen molar-refractivity contribution in [3.8, 4) is 0 Å². The summed E-state index contributed by atoms with van der Waals surface area (Å²) >= 11 is 0. The molecule has 0 saturated heterocycles. The molecule has 1 aromatic carbocycles. The van der Waals surface area contributed by atoms with Crippen molar-refractivity contribution in [3.63, 3.8) is 0 Å². The highest BCUT2D eigenvalue weighted by Crippen LogP contribution is 2.41. The van der Waals surface area contributed by atoms with E-state index in [2.05, 4.69) is 13.8 Å². The van der Waals surface area contributed by atoms with Gasteiger partial charge < -0.3 is 9.79 Å². The highest BCUT2D eigenvalue weighted by Gasteiger charge is 2.31. The van der Waals surface area contributed by atoms with Crippen LogP contribution in [0.25, 0.3) is 0 Å².